The molecule has 6 nitrogen and oxygen atoms in total. The van der Waals surface area contributed by atoms with Crippen molar-refractivity contribution in [2.75, 3.05) is 17.7 Å². The summed E-state index contributed by atoms with van der Waals surface area (Å²) in [7, 11) is 1.79. The van der Waals surface area contributed by atoms with Gasteiger partial charge in [0.25, 0.3) is 0 Å². The van der Waals surface area contributed by atoms with Gasteiger partial charge in [0.2, 0.25) is 5.91 Å². The van der Waals surface area contributed by atoms with E-state index >= 15 is 0 Å². The summed E-state index contributed by atoms with van der Waals surface area (Å²) in [6.07, 6.45) is 4.67. The third kappa shape index (κ3) is 4.71. The Kier molecular flexibility index (Phi) is 6.57. The highest BCUT2D eigenvalue weighted by Gasteiger charge is 2.13. The summed E-state index contributed by atoms with van der Waals surface area (Å²) in [4.78, 5) is 34.5. The minimum absolute atomic E-state index is 0.0314. The molecule has 0 radical (unpaired) electrons. The van der Waals surface area contributed by atoms with Crippen molar-refractivity contribution in [1.29, 1.82) is 0 Å². The van der Waals surface area contributed by atoms with Gasteiger partial charge in [0.15, 0.2) is 5.78 Å². The lowest BCUT2D eigenvalue weighted by Crippen LogP contribution is -2.25. The molecule has 0 aliphatic rings. The third-order valence-electron chi connectivity index (χ3n) is 5.16. The first kappa shape index (κ1) is 21.2. The zero-order valence-corrected chi connectivity index (χ0v) is 17.6. The number of rotatable bonds is 7. The zero-order chi connectivity index (χ0) is 21.7. The maximum Gasteiger partial charge on any atom is 0.226 e. The average molecular weight is 402 g/mol. The molecule has 154 valence electrons. The van der Waals surface area contributed by atoms with Crippen LogP contribution in [0.15, 0.2) is 54.9 Å². The molecule has 0 fully saturated rings. The standard InChI is InChI=1S/C24H26N4O2/c1-4-23(30)28(3)21-11-8-18(14-16(21)2)19-7-10-20(27-15-19)22(29)12-9-17-6-5-13-26-24(17)25/h5-8,10-11,13-15H,4,9,12H2,1-3H3,(H2,25,26). The van der Waals surface area contributed by atoms with Gasteiger partial charge in [-0.2, -0.15) is 0 Å². The van der Waals surface area contributed by atoms with Crippen molar-refractivity contribution in [3.05, 3.63) is 71.7 Å². The number of ketones is 1. The minimum Gasteiger partial charge on any atom is -0.383 e. The van der Waals surface area contributed by atoms with E-state index < -0.39 is 0 Å². The lowest BCUT2D eigenvalue weighted by Gasteiger charge is -2.19. The number of carbonyl (C=O) groups excluding carboxylic acids is 2. The number of benzene rings is 1. The van der Waals surface area contributed by atoms with Crippen LogP contribution in [0.25, 0.3) is 11.1 Å². The normalized spacial score (nSPS) is 10.6. The second kappa shape index (κ2) is 9.31. The number of aromatic nitrogens is 2. The number of pyridine rings is 2. The van der Waals surface area contributed by atoms with Crippen LogP contribution in [0.4, 0.5) is 11.5 Å². The molecular formula is C24H26N4O2. The van der Waals surface area contributed by atoms with Crippen molar-refractivity contribution in [3.63, 3.8) is 0 Å². The first-order valence-electron chi connectivity index (χ1n) is 9.97. The summed E-state index contributed by atoms with van der Waals surface area (Å²) < 4.78 is 0. The van der Waals surface area contributed by atoms with E-state index in [-0.39, 0.29) is 11.7 Å². The van der Waals surface area contributed by atoms with E-state index in [1.807, 2.05) is 50.2 Å². The average Bonchev–Trinajstić information content (AvgIpc) is 2.77. The van der Waals surface area contributed by atoms with Crippen LogP contribution in [0.1, 0.15) is 41.4 Å². The van der Waals surface area contributed by atoms with Crippen molar-refractivity contribution < 1.29 is 9.59 Å². The Balaban J connectivity index is 1.71. The number of anilines is 2. The van der Waals surface area contributed by atoms with Crippen molar-refractivity contribution in [2.24, 2.45) is 0 Å². The molecule has 6 heteroatoms. The fourth-order valence-corrected chi connectivity index (χ4v) is 3.35. The maximum atomic E-state index is 12.5. The summed E-state index contributed by atoms with van der Waals surface area (Å²) in [5.74, 6) is 0.498. The lowest BCUT2D eigenvalue weighted by atomic mass is 10.0. The van der Waals surface area contributed by atoms with E-state index in [0.717, 1.165) is 27.9 Å². The highest BCUT2D eigenvalue weighted by atomic mass is 16.2. The molecule has 0 aliphatic carbocycles. The van der Waals surface area contributed by atoms with Crippen LogP contribution in [-0.2, 0) is 11.2 Å². The van der Waals surface area contributed by atoms with E-state index in [9.17, 15) is 9.59 Å². The number of Topliss-reactive ketones (excluding diaryl/α,β-unsaturated/α-hetero) is 1. The minimum atomic E-state index is -0.0314. The Labute approximate surface area is 176 Å². The molecule has 1 aromatic carbocycles. The number of amides is 1. The Morgan fingerprint density at radius 2 is 1.83 bits per heavy atom. The molecule has 30 heavy (non-hydrogen) atoms. The van der Waals surface area contributed by atoms with Gasteiger partial charge in [0.1, 0.15) is 11.5 Å². The van der Waals surface area contributed by atoms with Crippen LogP contribution in [0, 0.1) is 6.92 Å². The smallest absolute Gasteiger partial charge is 0.226 e. The highest BCUT2D eigenvalue weighted by Crippen LogP contribution is 2.27. The molecule has 3 rings (SSSR count). The zero-order valence-electron chi connectivity index (χ0n) is 17.6. The molecule has 2 heterocycles. The van der Waals surface area contributed by atoms with E-state index in [0.29, 0.717) is 30.8 Å². The predicted octanol–water partition coefficient (Wildman–Crippen LogP) is 4.22. The number of nitrogens with two attached hydrogens (primary N) is 1. The Morgan fingerprint density at radius 1 is 1.07 bits per heavy atom. The van der Waals surface area contributed by atoms with Crippen LogP contribution in [0.5, 0.6) is 0 Å². The Hall–Kier alpha value is -3.54. The number of nitrogen functional groups attached to an aromatic ring is 1. The quantitative estimate of drug-likeness (QED) is 0.598. The second-order valence-electron chi connectivity index (χ2n) is 7.21. The number of aryl methyl sites for hydroxylation is 2. The summed E-state index contributed by atoms with van der Waals surface area (Å²) in [6, 6.07) is 13.3. The summed E-state index contributed by atoms with van der Waals surface area (Å²) in [6.45, 7) is 3.83. The fourth-order valence-electron chi connectivity index (χ4n) is 3.35. The van der Waals surface area contributed by atoms with Gasteiger partial charge in [0, 0.05) is 43.5 Å². The monoisotopic (exact) mass is 402 g/mol. The molecule has 0 spiro atoms. The molecule has 2 N–H and O–H groups in total. The summed E-state index contributed by atoms with van der Waals surface area (Å²) in [5.41, 5.74) is 10.9. The van der Waals surface area contributed by atoms with Gasteiger partial charge < -0.3 is 10.6 Å². The van der Waals surface area contributed by atoms with Crippen LogP contribution in [-0.4, -0.2) is 28.7 Å². The number of carbonyl (C=O) groups is 2. The summed E-state index contributed by atoms with van der Waals surface area (Å²) in [5, 5.41) is 0. The van der Waals surface area contributed by atoms with Crippen LogP contribution in [0.3, 0.4) is 0 Å². The fraction of sp³-hybridized carbons (Fsp3) is 0.250. The van der Waals surface area contributed by atoms with Gasteiger partial charge >= 0.3 is 0 Å². The molecule has 0 saturated heterocycles. The molecular weight excluding hydrogens is 376 g/mol. The van der Waals surface area contributed by atoms with E-state index in [1.165, 1.54) is 0 Å². The van der Waals surface area contributed by atoms with Crippen LogP contribution >= 0.6 is 0 Å². The van der Waals surface area contributed by atoms with Gasteiger partial charge in [-0.15, -0.1) is 0 Å². The Morgan fingerprint density at radius 3 is 2.47 bits per heavy atom. The molecule has 1 amide bonds. The van der Waals surface area contributed by atoms with Gasteiger partial charge in [0.05, 0.1) is 0 Å². The van der Waals surface area contributed by atoms with Crippen LogP contribution < -0.4 is 10.6 Å². The van der Waals surface area contributed by atoms with Gasteiger partial charge in [-0.25, -0.2) is 4.98 Å². The molecule has 0 atom stereocenters. The number of hydrogen-bond acceptors (Lipinski definition) is 5. The largest absolute Gasteiger partial charge is 0.383 e. The number of nitrogens with zero attached hydrogens (tertiary/aromatic N) is 3. The van der Waals surface area contributed by atoms with Gasteiger partial charge in [-0.05, 0) is 54.3 Å². The number of hydrogen-bond donors (Lipinski definition) is 1. The van der Waals surface area contributed by atoms with Gasteiger partial charge in [-0.3, -0.25) is 14.6 Å². The molecule has 0 bridgehead atoms. The Bertz CT molecular complexity index is 1060. The van der Waals surface area contributed by atoms with E-state index in [2.05, 4.69) is 9.97 Å². The van der Waals surface area contributed by atoms with Crippen molar-refractivity contribution >= 4 is 23.2 Å². The molecule has 0 aliphatic heterocycles. The topological polar surface area (TPSA) is 89.2 Å². The van der Waals surface area contributed by atoms with Gasteiger partial charge in [-0.1, -0.05) is 25.1 Å². The molecule has 2 aromatic heterocycles. The van der Waals surface area contributed by atoms with Crippen molar-refractivity contribution in [1.82, 2.24) is 9.97 Å². The third-order valence-corrected chi connectivity index (χ3v) is 5.16. The first-order valence-corrected chi connectivity index (χ1v) is 9.97. The molecule has 0 unspecified atom stereocenters. The van der Waals surface area contributed by atoms with Crippen molar-refractivity contribution in [3.8, 4) is 11.1 Å². The highest BCUT2D eigenvalue weighted by molar-refractivity contribution is 5.95. The lowest BCUT2D eigenvalue weighted by molar-refractivity contribution is -0.118. The maximum absolute atomic E-state index is 12.5. The molecule has 0 saturated carbocycles. The molecule has 3 aromatic rings. The van der Waals surface area contributed by atoms with E-state index in [1.54, 1.807) is 30.4 Å². The summed E-state index contributed by atoms with van der Waals surface area (Å²) >= 11 is 0. The first-order chi connectivity index (χ1) is 14.4. The second-order valence-corrected chi connectivity index (χ2v) is 7.21. The SMILES string of the molecule is CCC(=O)N(C)c1ccc(-c2ccc(C(=O)CCc3cccnc3N)nc2)cc1C. The predicted molar refractivity (Wildman–Crippen MR) is 119 cm³/mol. The van der Waals surface area contributed by atoms with Crippen molar-refractivity contribution in [2.45, 2.75) is 33.1 Å². The van der Waals surface area contributed by atoms with Crippen LogP contribution in [0.2, 0.25) is 0 Å². The van der Waals surface area contributed by atoms with E-state index in [4.69, 9.17) is 5.73 Å².